The minimum atomic E-state index is -0.410. The minimum absolute atomic E-state index is 0.215. The number of nitrogens with one attached hydrogen (secondary N) is 1. The van der Waals surface area contributed by atoms with Crippen LogP contribution >= 0.6 is 0 Å². The van der Waals surface area contributed by atoms with E-state index in [-0.39, 0.29) is 12.7 Å². The quantitative estimate of drug-likeness (QED) is 0.0675. The number of carbonyl (C=O) groups excluding carboxylic acids is 1. The molecule has 1 atom stereocenters. The van der Waals surface area contributed by atoms with Gasteiger partial charge in [0, 0.05) is 33.5 Å². The Morgan fingerprint density at radius 2 is 0.933 bits per heavy atom. The van der Waals surface area contributed by atoms with Gasteiger partial charge in [0.15, 0.2) is 0 Å². The predicted molar refractivity (Wildman–Crippen MR) is 189 cm³/mol. The van der Waals surface area contributed by atoms with Crippen molar-refractivity contribution >= 4 is 6.09 Å². The summed E-state index contributed by atoms with van der Waals surface area (Å²) in [5, 5.41) is 2.80. The highest BCUT2D eigenvalue weighted by molar-refractivity contribution is 5.67. The number of ether oxygens (including phenoxy) is 5. The Bertz CT molecular complexity index is 564. The van der Waals surface area contributed by atoms with Gasteiger partial charge in [0.25, 0.3) is 0 Å². The van der Waals surface area contributed by atoms with E-state index in [9.17, 15) is 4.79 Å². The highest BCUT2D eigenvalue weighted by Crippen LogP contribution is 2.13. The first kappa shape index (κ1) is 44.1. The number of amides is 1. The maximum atomic E-state index is 12.2. The van der Waals surface area contributed by atoms with E-state index in [0.29, 0.717) is 39.6 Å². The second kappa shape index (κ2) is 39.3. The van der Waals surface area contributed by atoms with Gasteiger partial charge in [-0.25, -0.2) is 4.79 Å². The Morgan fingerprint density at radius 3 is 1.42 bits per heavy atom. The second-order valence-corrected chi connectivity index (χ2v) is 12.8. The van der Waals surface area contributed by atoms with Crippen LogP contribution in [0, 0.1) is 0 Å². The smallest absolute Gasteiger partial charge is 0.407 e. The average molecular weight is 644 g/mol. The van der Waals surface area contributed by atoms with Crippen molar-refractivity contribution in [3.63, 3.8) is 0 Å². The Morgan fingerprint density at radius 1 is 0.489 bits per heavy atom. The van der Waals surface area contributed by atoms with Crippen molar-refractivity contribution in [2.75, 3.05) is 59.9 Å². The normalized spacial score (nSPS) is 12.1. The third-order valence-corrected chi connectivity index (χ3v) is 8.36. The zero-order valence-corrected chi connectivity index (χ0v) is 30.4. The highest BCUT2D eigenvalue weighted by Gasteiger charge is 2.13. The van der Waals surface area contributed by atoms with Gasteiger partial charge in [0.05, 0.1) is 19.8 Å². The standard InChI is InChI=1S/C38H77NO6/c1-4-6-8-10-12-14-16-18-20-22-24-26-30-43-35-37(36-45-38(40)39-29-28-31-42-34-33-41-3)44-32-27-25-23-21-19-17-15-13-11-9-7-5-2/h37H,4-36H2,1-3H3,(H,39,40)/t37-/m1/s1. The van der Waals surface area contributed by atoms with Crippen molar-refractivity contribution in [3.8, 4) is 0 Å². The summed E-state index contributed by atoms with van der Waals surface area (Å²) in [6.07, 6.45) is 32.0. The van der Waals surface area contributed by atoms with E-state index < -0.39 is 6.09 Å². The molecule has 0 rings (SSSR count). The number of hydrogen-bond acceptors (Lipinski definition) is 6. The molecule has 1 N–H and O–H groups in total. The predicted octanol–water partition coefficient (Wildman–Crippen LogP) is 10.6. The number of methoxy groups -OCH3 is 1. The minimum Gasteiger partial charge on any atom is -0.447 e. The Hall–Kier alpha value is -0.890. The molecule has 0 bridgehead atoms. The lowest BCUT2D eigenvalue weighted by Gasteiger charge is -2.18. The molecule has 7 heteroatoms. The van der Waals surface area contributed by atoms with Gasteiger partial charge in [0.1, 0.15) is 12.7 Å². The molecular weight excluding hydrogens is 566 g/mol. The first-order chi connectivity index (χ1) is 22.2. The lowest BCUT2D eigenvalue weighted by molar-refractivity contribution is -0.0468. The molecule has 0 heterocycles. The van der Waals surface area contributed by atoms with Gasteiger partial charge in [-0.15, -0.1) is 0 Å². The fourth-order valence-electron chi connectivity index (χ4n) is 5.43. The molecule has 0 saturated heterocycles. The van der Waals surface area contributed by atoms with E-state index in [1.54, 1.807) is 7.11 Å². The van der Waals surface area contributed by atoms with Crippen LogP contribution < -0.4 is 5.32 Å². The van der Waals surface area contributed by atoms with Gasteiger partial charge in [-0.05, 0) is 19.3 Å². The van der Waals surface area contributed by atoms with Gasteiger partial charge in [-0.2, -0.15) is 0 Å². The molecule has 7 nitrogen and oxygen atoms in total. The molecule has 0 radical (unpaired) electrons. The monoisotopic (exact) mass is 644 g/mol. The Labute approximate surface area is 280 Å². The largest absolute Gasteiger partial charge is 0.447 e. The van der Waals surface area contributed by atoms with Gasteiger partial charge in [0.2, 0.25) is 0 Å². The van der Waals surface area contributed by atoms with Crippen LogP contribution in [0.4, 0.5) is 4.79 Å². The molecule has 270 valence electrons. The van der Waals surface area contributed by atoms with Crippen LogP contribution in [-0.2, 0) is 23.7 Å². The molecule has 0 aromatic carbocycles. The SMILES string of the molecule is CCCCCCCCCCCCCCOC[C@H](COC(=O)NCCCOCCOC)OCCCCCCCCCCCCCC. The summed E-state index contributed by atoms with van der Waals surface area (Å²) in [6.45, 7) is 8.92. The van der Waals surface area contributed by atoms with Crippen molar-refractivity contribution in [2.45, 2.75) is 180 Å². The molecule has 0 aromatic heterocycles. The summed E-state index contributed by atoms with van der Waals surface area (Å²) in [5.74, 6) is 0. The first-order valence-electron chi connectivity index (χ1n) is 19.4. The number of rotatable bonds is 38. The summed E-state index contributed by atoms with van der Waals surface area (Å²) in [4.78, 5) is 12.2. The van der Waals surface area contributed by atoms with E-state index in [4.69, 9.17) is 23.7 Å². The van der Waals surface area contributed by atoms with E-state index in [2.05, 4.69) is 19.2 Å². The molecule has 0 spiro atoms. The van der Waals surface area contributed by atoms with Crippen LogP contribution in [0.5, 0.6) is 0 Å². The Kier molecular flexibility index (Phi) is 38.5. The van der Waals surface area contributed by atoms with Crippen LogP contribution in [0.2, 0.25) is 0 Å². The van der Waals surface area contributed by atoms with E-state index >= 15 is 0 Å². The summed E-state index contributed by atoms with van der Waals surface area (Å²) >= 11 is 0. The third kappa shape index (κ3) is 37.4. The fourth-order valence-corrected chi connectivity index (χ4v) is 5.43. The number of hydrogen-bond donors (Lipinski definition) is 1. The van der Waals surface area contributed by atoms with Crippen molar-refractivity contribution < 1.29 is 28.5 Å². The van der Waals surface area contributed by atoms with Crippen LogP contribution in [0.15, 0.2) is 0 Å². The van der Waals surface area contributed by atoms with Gasteiger partial charge in [-0.3, -0.25) is 0 Å². The second-order valence-electron chi connectivity index (χ2n) is 12.8. The van der Waals surface area contributed by atoms with Gasteiger partial charge in [-0.1, -0.05) is 155 Å². The Balaban J connectivity index is 4.01. The number of alkyl carbamates (subject to hydrolysis) is 1. The van der Waals surface area contributed by atoms with Crippen molar-refractivity contribution in [2.24, 2.45) is 0 Å². The van der Waals surface area contributed by atoms with Crippen molar-refractivity contribution in [1.29, 1.82) is 0 Å². The molecule has 1 amide bonds. The lowest BCUT2D eigenvalue weighted by Crippen LogP contribution is -2.32. The van der Waals surface area contributed by atoms with Crippen molar-refractivity contribution in [1.82, 2.24) is 5.32 Å². The zero-order chi connectivity index (χ0) is 32.7. The molecule has 0 aliphatic heterocycles. The van der Waals surface area contributed by atoms with Crippen LogP contribution in [0.25, 0.3) is 0 Å². The maximum absolute atomic E-state index is 12.2. The first-order valence-corrected chi connectivity index (χ1v) is 19.4. The van der Waals surface area contributed by atoms with Crippen molar-refractivity contribution in [3.05, 3.63) is 0 Å². The molecule has 0 aliphatic rings. The molecule has 0 aliphatic carbocycles. The number of carbonyl (C=O) groups is 1. The molecule has 45 heavy (non-hydrogen) atoms. The zero-order valence-electron chi connectivity index (χ0n) is 30.4. The summed E-state index contributed by atoms with van der Waals surface area (Å²) in [6, 6.07) is 0. The van der Waals surface area contributed by atoms with Crippen LogP contribution in [-0.4, -0.2) is 72.1 Å². The molecule has 0 unspecified atom stereocenters. The van der Waals surface area contributed by atoms with E-state index in [1.807, 2.05) is 0 Å². The van der Waals surface area contributed by atoms with E-state index in [0.717, 1.165) is 25.9 Å². The topological polar surface area (TPSA) is 75.3 Å². The third-order valence-electron chi connectivity index (χ3n) is 8.36. The van der Waals surface area contributed by atoms with Gasteiger partial charge >= 0.3 is 6.09 Å². The molecular formula is C38H77NO6. The highest BCUT2D eigenvalue weighted by atomic mass is 16.6. The molecule has 0 fully saturated rings. The molecule has 0 saturated carbocycles. The van der Waals surface area contributed by atoms with Crippen LogP contribution in [0.1, 0.15) is 174 Å². The maximum Gasteiger partial charge on any atom is 0.407 e. The lowest BCUT2D eigenvalue weighted by atomic mass is 10.1. The summed E-state index contributed by atoms with van der Waals surface area (Å²) < 4.78 is 27.9. The number of unbranched alkanes of at least 4 members (excludes halogenated alkanes) is 22. The molecule has 0 aromatic rings. The average Bonchev–Trinajstić information content (AvgIpc) is 3.05. The summed E-state index contributed by atoms with van der Waals surface area (Å²) in [7, 11) is 1.65. The van der Waals surface area contributed by atoms with Crippen LogP contribution in [0.3, 0.4) is 0 Å². The summed E-state index contributed by atoms with van der Waals surface area (Å²) in [5.41, 5.74) is 0. The fraction of sp³-hybridized carbons (Fsp3) is 0.974. The van der Waals surface area contributed by atoms with Gasteiger partial charge < -0.3 is 29.0 Å². The van der Waals surface area contributed by atoms with E-state index in [1.165, 1.54) is 141 Å².